The molecule has 9 heteroatoms. The molecule has 0 saturated heterocycles. The summed E-state index contributed by atoms with van der Waals surface area (Å²) in [6.07, 6.45) is 4.78. The molecule has 8 nitrogen and oxygen atoms in total. The van der Waals surface area contributed by atoms with Crippen molar-refractivity contribution in [3.63, 3.8) is 0 Å². The second kappa shape index (κ2) is 7.29. The molecule has 2 heterocycles. The van der Waals surface area contributed by atoms with Crippen LogP contribution in [0.3, 0.4) is 0 Å². The maximum Gasteiger partial charge on any atom is 0.335 e. The summed E-state index contributed by atoms with van der Waals surface area (Å²) in [6.45, 7) is 0.388. The highest BCUT2D eigenvalue weighted by Crippen LogP contribution is 2.27. The van der Waals surface area contributed by atoms with E-state index in [1.165, 1.54) is 18.3 Å². The zero-order valence-electron chi connectivity index (χ0n) is 12.9. The van der Waals surface area contributed by atoms with E-state index in [9.17, 15) is 4.79 Å². The number of aliphatic hydroxyl groups excluding tert-OH is 1. The van der Waals surface area contributed by atoms with Gasteiger partial charge >= 0.3 is 5.97 Å². The highest BCUT2D eigenvalue weighted by atomic mass is 35.5. The minimum Gasteiger partial charge on any atom is -0.478 e. The fourth-order valence-electron chi connectivity index (χ4n) is 2.18. The number of aromatic nitrogens is 4. The number of carboxylic acid groups (broad SMARTS) is 1. The Morgan fingerprint density at radius 2 is 2.00 bits per heavy atom. The molecular formula is C16H14ClN5O3. The third-order valence-corrected chi connectivity index (χ3v) is 3.64. The lowest BCUT2D eigenvalue weighted by molar-refractivity contribution is 0.0697. The maximum absolute atomic E-state index is 10.9. The number of hydrogen-bond acceptors (Lipinski definition) is 6. The van der Waals surface area contributed by atoms with Crippen molar-refractivity contribution < 1.29 is 15.0 Å². The lowest BCUT2D eigenvalue weighted by Crippen LogP contribution is -2.02. The number of nitrogens with one attached hydrogen (secondary N) is 1. The van der Waals surface area contributed by atoms with Gasteiger partial charge in [-0.2, -0.15) is 5.10 Å². The molecule has 0 atom stereocenters. The van der Waals surface area contributed by atoms with Crippen LogP contribution in [-0.4, -0.2) is 42.5 Å². The highest BCUT2D eigenvalue weighted by molar-refractivity contribution is 6.32. The van der Waals surface area contributed by atoms with Gasteiger partial charge in [0.25, 0.3) is 0 Å². The molecule has 0 bridgehead atoms. The Hall–Kier alpha value is -2.97. The lowest BCUT2D eigenvalue weighted by Gasteiger charge is -2.07. The first-order valence-electron chi connectivity index (χ1n) is 7.33. The molecule has 0 saturated carbocycles. The molecule has 128 valence electrons. The van der Waals surface area contributed by atoms with Crippen LogP contribution in [0, 0.1) is 0 Å². The van der Waals surface area contributed by atoms with Crippen LogP contribution in [0.1, 0.15) is 10.4 Å². The number of anilines is 2. The Kier molecular flexibility index (Phi) is 4.92. The third-order valence-electron chi connectivity index (χ3n) is 3.37. The van der Waals surface area contributed by atoms with Crippen LogP contribution in [0.5, 0.6) is 0 Å². The second-order valence-electron chi connectivity index (χ2n) is 5.11. The second-order valence-corrected chi connectivity index (χ2v) is 5.52. The number of aliphatic hydroxyl groups is 1. The molecule has 2 aromatic heterocycles. The number of benzene rings is 1. The molecule has 0 aliphatic carbocycles. The van der Waals surface area contributed by atoms with Gasteiger partial charge in [-0.15, -0.1) is 0 Å². The van der Waals surface area contributed by atoms with E-state index < -0.39 is 5.97 Å². The van der Waals surface area contributed by atoms with Crippen LogP contribution in [0.4, 0.5) is 11.6 Å². The number of halogens is 1. The van der Waals surface area contributed by atoms with E-state index in [0.717, 1.165) is 0 Å². The van der Waals surface area contributed by atoms with Crippen molar-refractivity contribution >= 4 is 29.2 Å². The van der Waals surface area contributed by atoms with Gasteiger partial charge in [-0.3, -0.25) is 4.68 Å². The summed E-state index contributed by atoms with van der Waals surface area (Å²) < 4.78 is 1.59. The van der Waals surface area contributed by atoms with E-state index in [0.29, 0.717) is 34.5 Å². The van der Waals surface area contributed by atoms with Crippen LogP contribution in [0.15, 0.2) is 42.9 Å². The Morgan fingerprint density at radius 3 is 2.68 bits per heavy atom. The van der Waals surface area contributed by atoms with Gasteiger partial charge in [-0.1, -0.05) is 23.7 Å². The van der Waals surface area contributed by atoms with E-state index in [-0.39, 0.29) is 12.2 Å². The first-order chi connectivity index (χ1) is 12.1. The maximum atomic E-state index is 10.9. The molecule has 0 fully saturated rings. The van der Waals surface area contributed by atoms with Gasteiger partial charge < -0.3 is 15.5 Å². The molecule has 0 radical (unpaired) electrons. The molecule has 0 unspecified atom stereocenters. The Bertz CT molecular complexity index is 895. The number of carbonyl (C=O) groups is 1. The molecular weight excluding hydrogens is 346 g/mol. The highest BCUT2D eigenvalue weighted by Gasteiger charge is 2.10. The topological polar surface area (TPSA) is 113 Å². The van der Waals surface area contributed by atoms with Crippen LogP contribution >= 0.6 is 11.6 Å². The molecule has 3 aromatic rings. The largest absolute Gasteiger partial charge is 0.478 e. The number of carboxylic acids is 1. The standard InChI is InChI=1S/C16H14ClN5O3/c17-13-8-18-16(20-12-7-19-22(9-12)5-6-23)21-14(13)10-1-3-11(4-2-10)15(24)25/h1-4,7-9,23H,5-6H2,(H,24,25)(H,18,20,21). The van der Waals surface area contributed by atoms with Crippen molar-refractivity contribution in [2.24, 2.45) is 0 Å². The normalized spacial score (nSPS) is 10.6. The number of hydrogen-bond donors (Lipinski definition) is 3. The van der Waals surface area contributed by atoms with Crippen molar-refractivity contribution in [3.8, 4) is 11.3 Å². The van der Waals surface area contributed by atoms with Crippen LogP contribution in [0.2, 0.25) is 5.02 Å². The van der Waals surface area contributed by atoms with Crippen molar-refractivity contribution in [2.75, 3.05) is 11.9 Å². The summed E-state index contributed by atoms with van der Waals surface area (Å²) in [4.78, 5) is 19.4. The monoisotopic (exact) mass is 359 g/mol. The predicted molar refractivity (Wildman–Crippen MR) is 92.0 cm³/mol. The molecule has 3 N–H and O–H groups in total. The molecule has 0 amide bonds. The molecule has 0 aliphatic heterocycles. The van der Waals surface area contributed by atoms with Crippen molar-refractivity contribution in [1.29, 1.82) is 0 Å². The number of aromatic carboxylic acids is 1. The summed E-state index contributed by atoms with van der Waals surface area (Å²) in [6, 6.07) is 6.26. The summed E-state index contributed by atoms with van der Waals surface area (Å²) in [5, 5.41) is 25.3. The van der Waals surface area contributed by atoms with Crippen LogP contribution in [-0.2, 0) is 6.54 Å². The molecule has 0 aliphatic rings. The van der Waals surface area contributed by atoms with Crippen molar-refractivity contribution in [2.45, 2.75) is 6.54 Å². The molecule has 0 spiro atoms. The summed E-state index contributed by atoms with van der Waals surface area (Å²) >= 11 is 6.17. The smallest absolute Gasteiger partial charge is 0.335 e. The first-order valence-corrected chi connectivity index (χ1v) is 7.71. The molecule has 1 aromatic carbocycles. The van der Waals surface area contributed by atoms with E-state index >= 15 is 0 Å². The van der Waals surface area contributed by atoms with Gasteiger partial charge in [0.05, 0.1) is 47.5 Å². The van der Waals surface area contributed by atoms with Crippen molar-refractivity contribution in [1.82, 2.24) is 19.7 Å². The Morgan fingerprint density at radius 1 is 1.24 bits per heavy atom. The number of nitrogens with zero attached hydrogens (tertiary/aromatic N) is 4. The lowest BCUT2D eigenvalue weighted by atomic mass is 10.1. The van der Waals surface area contributed by atoms with Gasteiger partial charge in [-0.05, 0) is 12.1 Å². The summed E-state index contributed by atoms with van der Waals surface area (Å²) in [5.74, 6) is -0.673. The zero-order chi connectivity index (χ0) is 17.8. The van der Waals surface area contributed by atoms with Crippen molar-refractivity contribution in [3.05, 3.63) is 53.4 Å². The Labute approximate surface area is 147 Å². The van der Waals surface area contributed by atoms with Crippen LogP contribution < -0.4 is 5.32 Å². The van der Waals surface area contributed by atoms with Gasteiger partial charge in [0.1, 0.15) is 0 Å². The summed E-state index contributed by atoms with van der Waals surface area (Å²) in [5.41, 5.74) is 2.02. The first kappa shape index (κ1) is 16.9. The zero-order valence-corrected chi connectivity index (χ0v) is 13.7. The average Bonchev–Trinajstić information content (AvgIpc) is 3.04. The van der Waals surface area contributed by atoms with E-state index in [4.69, 9.17) is 21.8 Å². The van der Waals surface area contributed by atoms with Gasteiger partial charge in [0.2, 0.25) is 5.95 Å². The van der Waals surface area contributed by atoms with Crippen LogP contribution in [0.25, 0.3) is 11.3 Å². The quantitative estimate of drug-likeness (QED) is 0.619. The van der Waals surface area contributed by atoms with E-state index in [2.05, 4.69) is 20.4 Å². The number of rotatable bonds is 6. The van der Waals surface area contributed by atoms with Gasteiger partial charge in [0.15, 0.2) is 0 Å². The Balaban J connectivity index is 1.85. The average molecular weight is 360 g/mol. The summed E-state index contributed by atoms with van der Waals surface area (Å²) in [7, 11) is 0. The molecule has 25 heavy (non-hydrogen) atoms. The fraction of sp³-hybridized carbons (Fsp3) is 0.125. The van der Waals surface area contributed by atoms with E-state index in [1.54, 1.807) is 29.2 Å². The minimum atomic E-state index is -0.998. The third kappa shape index (κ3) is 3.93. The van der Waals surface area contributed by atoms with Gasteiger partial charge in [0, 0.05) is 11.8 Å². The minimum absolute atomic E-state index is 0.00491. The van der Waals surface area contributed by atoms with E-state index in [1.807, 2.05) is 0 Å². The fourth-order valence-corrected chi connectivity index (χ4v) is 2.38. The predicted octanol–water partition coefficient (Wildman–Crippen LogP) is 2.43. The van der Waals surface area contributed by atoms with Gasteiger partial charge in [-0.25, -0.2) is 14.8 Å². The SMILES string of the molecule is O=C(O)c1ccc(-c2nc(Nc3cnn(CCO)c3)ncc2Cl)cc1. The molecule has 3 rings (SSSR count).